The first kappa shape index (κ1) is 17.8. The zero-order chi connectivity index (χ0) is 18.5. The summed E-state index contributed by atoms with van der Waals surface area (Å²) in [6.45, 7) is 0.285. The molecule has 3 aromatic rings. The summed E-state index contributed by atoms with van der Waals surface area (Å²) in [6, 6.07) is 13.4. The number of rotatable bonds is 5. The summed E-state index contributed by atoms with van der Waals surface area (Å²) in [6.07, 6.45) is 1.42. The highest BCUT2D eigenvalue weighted by Gasteiger charge is 2.07. The molecule has 0 bridgehead atoms. The number of anilines is 2. The van der Waals surface area contributed by atoms with Crippen LogP contribution >= 0.6 is 11.6 Å². The Morgan fingerprint density at radius 2 is 1.81 bits per heavy atom. The Balaban J connectivity index is 1.60. The van der Waals surface area contributed by atoms with Gasteiger partial charge in [-0.15, -0.1) is 0 Å². The summed E-state index contributed by atoms with van der Waals surface area (Å²) < 4.78 is 26.0. The zero-order valence-electron chi connectivity index (χ0n) is 13.5. The molecule has 1 heterocycles. The van der Waals surface area contributed by atoms with Gasteiger partial charge in [0.15, 0.2) is 0 Å². The average molecular weight is 374 g/mol. The number of nitrogens with one attached hydrogen (secondary N) is 2. The predicted molar refractivity (Wildman–Crippen MR) is 96.5 cm³/mol. The van der Waals surface area contributed by atoms with Crippen molar-refractivity contribution in [2.75, 3.05) is 5.32 Å². The number of hydrogen-bond donors (Lipinski definition) is 2. The van der Waals surface area contributed by atoms with E-state index in [0.717, 1.165) is 5.56 Å². The van der Waals surface area contributed by atoms with E-state index in [9.17, 15) is 13.6 Å². The maximum atomic E-state index is 13.2. The van der Waals surface area contributed by atoms with Crippen LogP contribution in [0.1, 0.15) is 15.9 Å². The third-order valence-corrected chi connectivity index (χ3v) is 3.87. The van der Waals surface area contributed by atoms with E-state index in [1.54, 1.807) is 24.3 Å². The molecule has 2 aromatic carbocycles. The smallest absolute Gasteiger partial charge is 0.253 e. The van der Waals surface area contributed by atoms with Crippen LogP contribution < -0.4 is 10.6 Å². The van der Waals surface area contributed by atoms with Crippen LogP contribution in [0.25, 0.3) is 0 Å². The van der Waals surface area contributed by atoms with Crippen molar-refractivity contribution in [2.24, 2.45) is 0 Å². The molecule has 1 amide bonds. The summed E-state index contributed by atoms with van der Waals surface area (Å²) in [4.78, 5) is 16.3. The number of benzene rings is 2. The second-order valence-corrected chi connectivity index (χ2v) is 5.90. The van der Waals surface area contributed by atoms with E-state index >= 15 is 0 Å². The fourth-order valence-electron chi connectivity index (χ4n) is 2.21. The molecule has 132 valence electrons. The molecule has 2 N–H and O–H groups in total. The fraction of sp³-hybridized carbons (Fsp3) is 0.0526. The molecular formula is C19H14ClF2N3O. The number of carbonyl (C=O) groups excluding carboxylic acids is 1. The van der Waals surface area contributed by atoms with Gasteiger partial charge in [0.05, 0.1) is 10.6 Å². The van der Waals surface area contributed by atoms with Crippen molar-refractivity contribution in [1.29, 1.82) is 0 Å². The molecule has 7 heteroatoms. The first-order valence-electron chi connectivity index (χ1n) is 7.72. The van der Waals surface area contributed by atoms with Crippen LogP contribution in [0, 0.1) is 11.6 Å². The van der Waals surface area contributed by atoms with Crippen molar-refractivity contribution in [3.05, 3.63) is 88.6 Å². The molecule has 3 rings (SSSR count). The monoisotopic (exact) mass is 373 g/mol. The molecule has 0 aliphatic rings. The molecule has 26 heavy (non-hydrogen) atoms. The van der Waals surface area contributed by atoms with E-state index in [0.29, 0.717) is 17.1 Å². The van der Waals surface area contributed by atoms with Crippen LogP contribution in [-0.2, 0) is 6.54 Å². The lowest BCUT2D eigenvalue weighted by atomic mass is 10.2. The summed E-state index contributed by atoms with van der Waals surface area (Å²) in [7, 11) is 0. The van der Waals surface area contributed by atoms with Crippen LogP contribution in [0.4, 0.5) is 20.3 Å². The minimum Gasteiger partial charge on any atom is -0.348 e. The van der Waals surface area contributed by atoms with E-state index in [2.05, 4.69) is 15.6 Å². The SMILES string of the molecule is O=C(NCc1ccc(F)cc1)c1ccc(Nc2ccc(F)c(Cl)c2)nc1. The van der Waals surface area contributed by atoms with Crippen molar-refractivity contribution in [2.45, 2.75) is 6.54 Å². The van der Waals surface area contributed by atoms with Crippen LogP contribution in [0.2, 0.25) is 5.02 Å². The van der Waals surface area contributed by atoms with Gasteiger partial charge in [-0.2, -0.15) is 0 Å². The van der Waals surface area contributed by atoms with Gasteiger partial charge in [-0.3, -0.25) is 4.79 Å². The quantitative estimate of drug-likeness (QED) is 0.682. The second-order valence-electron chi connectivity index (χ2n) is 5.50. The van der Waals surface area contributed by atoms with Gasteiger partial charge in [0.2, 0.25) is 0 Å². The standard InChI is InChI=1S/C19H14ClF2N3O/c20-16-9-15(6-7-17(16)22)25-18-8-3-13(11-23-18)19(26)24-10-12-1-4-14(21)5-2-12/h1-9,11H,10H2,(H,23,25)(H,24,26). The number of halogens is 3. The van der Waals surface area contributed by atoms with E-state index in [4.69, 9.17) is 11.6 Å². The molecule has 0 atom stereocenters. The Labute approximate surface area is 153 Å². The van der Waals surface area contributed by atoms with Crippen molar-refractivity contribution >= 4 is 29.0 Å². The van der Waals surface area contributed by atoms with Crippen LogP contribution in [-0.4, -0.2) is 10.9 Å². The van der Waals surface area contributed by atoms with Gasteiger partial charge in [0.1, 0.15) is 17.5 Å². The Morgan fingerprint density at radius 1 is 1.04 bits per heavy atom. The van der Waals surface area contributed by atoms with Crippen molar-refractivity contribution in [3.8, 4) is 0 Å². The van der Waals surface area contributed by atoms with Crippen LogP contribution in [0.15, 0.2) is 60.8 Å². The summed E-state index contributed by atoms with van der Waals surface area (Å²) in [5.41, 5.74) is 1.76. The molecule has 0 spiro atoms. The van der Waals surface area contributed by atoms with Gasteiger partial charge in [-0.1, -0.05) is 23.7 Å². The number of carbonyl (C=O) groups is 1. The number of pyridine rings is 1. The largest absolute Gasteiger partial charge is 0.348 e. The molecule has 0 saturated carbocycles. The van der Waals surface area contributed by atoms with Gasteiger partial charge < -0.3 is 10.6 Å². The maximum absolute atomic E-state index is 13.2. The Morgan fingerprint density at radius 3 is 2.46 bits per heavy atom. The molecule has 0 aliphatic heterocycles. The predicted octanol–water partition coefficient (Wildman–Crippen LogP) is 4.69. The molecule has 0 unspecified atom stereocenters. The highest BCUT2D eigenvalue weighted by Crippen LogP contribution is 2.22. The molecule has 0 fully saturated rings. The lowest BCUT2D eigenvalue weighted by Crippen LogP contribution is -2.22. The lowest BCUT2D eigenvalue weighted by Gasteiger charge is -2.08. The van der Waals surface area contributed by atoms with Gasteiger partial charge in [-0.05, 0) is 48.0 Å². The minimum atomic E-state index is -0.502. The van der Waals surface area contributed by atoms with E-state index < -0.39 is 5.82 Å². The third kappa shape index (κ3) is 4.55. The third-order valence-electron chi connectivity index (χ3n) is 3.58. The maximum Gasteiger partial charge on any atom is 0.253 e. The van der Waals surface area contributed by atoms with Gasteiger partial charge in [0, 0.05) is 18.4 Å². The second kappa shape index (κ2) is 7.93. The van der Waals surface area contributed by atoms with Crippen molar-refractivity contribution in [1.82, 2.24) is 10.3 Å². The van der Waals surface area contributed by atoms with E-state index in [-0.39, 0.29) is 23.3 Å². The summed E-state index contributed by atoms with van der Waals surface area (Å²) in [5, 5.41) is 5.71. The molecule has 0 radical (unpaired) electrons. The van der Waals surface area contributed by atoms with Gasteiger partial charge in [-0.25, -0.2) is 13.8 Å². The molecular weight excluding hydrogens is 360 g/mol. The summed E-state index contributed by atoms with van der Waals surface area (Å²) in [5.74, 6) is -0.630. The zero-order valence-corrected chi connectivity index (χ0v) is 14.2. The Kier molecular flexibility index (Phi) is 5.43. The normalized spacial score (nSPS) is 10.4. The van der Waals surface area contributed by atoms with Gasteiger partial charge >= 0.3 is 0 Å². The number of hydrogen-bond acceptors (Lipinski definition) is 3. The topological polar surface area (TPSA) is 54.0 Å². The Hall–Kier alpha value is -2.99. The van der Waals surface area contributed by atoms with Crippen LogP contribution in [0.5, 0.6) is 0 Å². The number of amides is 1. The first-order chi connectivity index (χ1) is 12.5. The average Bonchev–Trinajstić information content (AvgIpc) is 2.65. The molecule has 0 saturated heterocycles. The Bertz CT molecular complexity index is 915. The minimum absolute atomic E-state index is 0.00629. The highest BCUT2D eigenvalue weighted by molar-refractivity contribution is 6.31. The lowest BCUT2D eigenvalue weighted by molar-refractivity contribution is 0.0950. The van der Waals surface area contributed by atoms with Crippen molar-refractivity contribution < 1.29 is 13.6 Å². The number of nitrogens with zero attached hydrogens (tertiary/aromatic N) is 1. The first-order valence-corrected chi connectivity index (χ1v) is 8.10. The number of aromatic nitrogens is 1. The fourth-order valence-corrected chi connectivity index (χ4v) is 2.39. The molecule has 0 aliphatic carbocycles. The summed E-state index contributed by atoms with van der Waals surface area (Å²) >= 11 is 5.73. The van der Waals surface area contributed by atoms with E-state index in [1.807, 2.05) is 0 Å². The molecule has 4 nitrogen and oxygen atoms in total. The van der Waals surface area contributed by atoms with Crippen LogP contribution in [0.3, 0.4) is 0 Å². The van der Waals surface area contributed by atoms with Gasteiger partial charge in [0.25, 0.3) is 5.91 Å². The van der Waals surface area contributed by atoms with E-state index in [1.165, 1.54) is 36.5 Å². The van der Waals surface area contributed by atoms with Crippen molar-refractivity contribution in [3.63, 3.8) is 0 Å². The molecule has 1 aromatic heterocycles. The highest BCUT2D eigenvalue weighted by atomic mass is 35.5.